The van der Waals surface area contributed by atoms with Gasteiger partial charge in [0.25, 0.3) is 0 Å². The van der Waals surface area contributed by atoms with Crippen LogP contribution in [0.5, 0.6) is 5.75 Å². The molecule has 0 radical (unpaired) electrons. The fraction of sp³-hybridized carbons (Fsp3) is 0.250. The van der Waals surface area contributed by atoms with Crippen LogP contribution in [0.1, 0.15) is 18.1 Å². The van der Waals surface area contributed by atoms with Crippen LogP contribution < -0.4 is 4.74 Å². The van der Waals surface area contributed by atoms with E-state index >= 15 is 0 Å². The third kappa shape index (κ3) is 2.94. The van der Waals surface area contributed by atoms with Gasteiger partial charge in [-0.3, -0.25) is 0 Å². The normalized spacial score (nSPS) is 13.8. The summed E-state index contributed by atoms with van der Waals surface area (Å²) < 4.78 is 19.2. The van der Waals surface area contributed by atoms with Crippen molar-refractivity contribution in [1.82, 2.24) is 0 Å². The summed E-state index contributed by atoms with van der Waals surface area (Å²) in [5.74, 6) is -0.177. The van der Waals surface area contributed by atoms with Gasteiger partial charge in [0.15, 0.2) is 0 Å². The maximum absolute atomic E-state index is 14.1. The first-order valence-electron chi connectivity index (χ1n) is 6.24. The van der Waals surface area contributed by atoms with Gasteiger partial charge in [-0.05, 0) is 30.7 Å². The Balaban J connectivity index is 2.43. The number of hydrogen-bond donors (Lipinski definition) is 1. The highest BCUT2D eigenvalue weighted by atomic mass is 35.5. The van der Waals surface area contributed by atoms with Gasteiger partial charge < -0.3 is 9.84 Å². The molecule has 1 N–H and O–H groups in total. The van der Waals surface area contributed by atoms with Crippen LogP contribution in [0.15, 0.2) is 42.5 Å². The second kappa shape index (κ2) is 5.81. The molecule has 0 saturated carbocycles. The van der Waals surface area contributed by atoms with Gasteiger partial charge in [0.1, 0.15) is 11.6 Å². The van der Waals surface area contributed by atoms with Crippen molar-refractivity contribution in [3.8, 4) is 5.75 Å². The summed E-state index contributed by atoms with van der Waals surface area (Å²) in [7, 11) is 1.45. The van der Waals surface area contributed by atoms with Crippen molar-refractivity contribution in [3.05, 3.63) is 64.4 Å². The molecule has 1 unspecified atom stereocenters. The van der Waals surface area contributed by atoms with E-state index in [0.29, 0.717) is 10.8 Å². The lowest BCUT2D eigenvalue weighted by atomic mass is 9.88. The number of rotatable bonds is 4. The summed E-state index contributed by atoms with van der Waals surface area (Å²) >= 11 is 6.10. The lowest BCUT2D eigenvalue weighted by Gasteiger charge is -2.26. The van der Waals surface area contributed by atoms with Crippen LogP contribution in [-0.4, -0.2) is 12.2 Å². The molecular formula is C16H16ClFO2. The van der Waals surface area contributed by atoms with E-state index < -0.39 is 11.4 Å². The van der Waals surface area contributed by atoms with Crippen LogP contribution in [0.2, 0.25) is 5.02 Å². The molecular weight excluding hydrogens is 279 g/mol. The molecule has 0 aliphatic rings. The van der Waals surface area contributed by atoms with Gasteiger partial charge in [-0.2, -0.15) is 0 Å². The molecule has 2 aromatic carbocycles. The van der Waals surface area contributed by atoms with Crippen molar-refractivity contribution in [3.63, 3.8) is 0 Å². The van der Waals surface area contributed by atoms with Gasteiger partial charge in [0, 0.05) is 11.4 Å². The number of methoxy groups -OCH3 is 1. The average Bonchev–Trinajstić information content (AvgIpc) is 2.40. The second-order valence-corrected chi connectivity index (χ2v) is 5.27. The molecule has 20 heavy (non-hydrogen) atoms. The van der Waals surface area contributed by atoms with Crippen LogP contribution in [0.4, 0.5) is 4.39 Å². The zero-order valence-electron chi connectivity index (χ0n) is 11.4. The fourth-order valence-corrected chi connectivity index (χ4v) is 2.50. The van der Waals surface area contributed by atoms with Gasteiger partial charge >= 0.3 is 0 Å². The molecule has 0 bridgehead atoms. The quantitative estimate of drug-likeness (QED) is 0.925. The minimum atomic E-state index is -1.41. The van der Waals surface area contributed by atoms with Crippen molar-refractivity contribution < 1.29 is 14.2 Å². The monoisotopic (exact) mass is 294 g/mol. The summed E-state index contributed by atoms with van der Waals surface area (Å²) in [4.78, 5) is 0. The van der Waals surface area contributed by atoms with E-state index in [2.05, 4.69) is 0 Å². The topological polar surface area (TPSA) is 29.5 Å². The summed E-state index contributed by atoms with van der Waals surface area (Å²) in [6, 6.07) is 11.7. The Labute approximate surface area is 122 Å². The molecule has 0 aliphatic heterocycles. The van der Waals surface area contributed by atoms with Gasteiger partial charge in [-0.1, -0.05) is 35.9 Å². The number of ether oxygens (including phenoxy) is 1. The molecule has 0 fully saturated rings. The van der Waals surface area contributed by atoms with E-state index in [-0.39, 0.29) is 12.0 Å². The SMILES string of the molecule is COc1cccc(F)c1C(C)(O)Cc1ccccc1Cl. The van der Waals surface area contributed by atoms with E-state index in [9.17, 15) is 9.50 Å². The van der Waals surface area contributed by atoms with Crippen molar-refractivity contribution in [2.75, 3.05) is 7.11 Å². The summed E-state index contributed by atoms with van der Waals surface area (Å²) in [5, 5.41) is 11.2. The van der Waals surface area contributed by atoms with Crippen molar-refractivity contribution in [1.29, 1.82) is 0 Å². The van der Waals surface area contributed by atoms with Gasteiger partial charge in [0.05, 0.1) is 18.3 Å². The standard InChI is InChI=1S/C16H16ClFO2/c1-16(19,10-11-6-3-4-7-12(11)17)15-13(18)8-5-9-14(15)20-2/h3-9,19H,10H2,1-2H3. The second-order valence-electron chi connectivity index (χ2n) is 4.86. The van der Waals surface area contributed by atoms with E-state index in [1.54, 1.807) is 25.1 Å². The zero-order chi connectivity index (χ0) is 14.8. The van der Waals surface area contributed by atoms with Crippen LogP contribution in [0.25, 0.3) is 0 Å². The summed E-state index contributed by atoms with van der Waals surface area (Å²) in [5.41, 5.74) is -0.520. The first-order chi connectivity index (χ1) is 9.45. The Morgan fingerprint density at radius 1 is 1.20 bits per heavy atom. The minimum absolute atomic E-state index is 0.141. The average molecular weight is 295 g/mol. The lowest BCUT2D eigenvalue weighted by molar-refractivity contribution is 0.0510. The van der Waals surface area contributed by atoms with Gasteiger partial charge in [0.2, 0.25) is 0 Å². The van der Waals surface area contributed by atoms with E-state index in [1.165, 1.54) is 13.2 Å². The number of benzene rings is 2. The van der Waals surface area contributed by atoms with Gasteiger partial charge in [-0.25, -0.2) is 4.39 Å². The van der Waals surface area contributed by atoms with Crippen LogP contribution >= 0.6 is 11.6 Å². The first-order valence-corrected chi connectivity index (χ1v) is 6.62. The molecule has 0 spiro atoms. The highest BCUT2D eigenvalue weighted by Gasteiger charge is 2.31. The molecule has 0 amide bonds. The Morgan fingerprint density at radius 2 is 1.90 bits per heavy atom. The predicted molar refractivity (Wildman–Crippen MR) is 77.7 cm³/mol. The summed E-state index contributed by atoms with van der Waals surface area (Å²) in [6.07, 6.45) is 0.198. The molecule has 2 rings (SSSR count). The molecule has 2 aromatic rings. The molecule has 0 aromatic heterocycles. The van der Waals surface area contributed by atoms with Gasteiger partial charge in [-0.15, -0.1) is 0 Å². The largest absolute Gasteiger partial charge is 0.496 e. The highest BCUT2D eigenvalue weighted by Crippen LogP contribution is 2.35. The number of hydrogen-bond acceptors (Lipinski definition) is 2. The third-order valence-electron chi connectivity index (χ3n) is 3.23. The Bertz CT molecular complexity index is 611. The third-order valence-corrected chi connectivity index (χ3v) is 3.60. The molecule has 0 saturated heterocycles. The predicted octanol–water partition coefficient (Wildman–Crippen LogP) is 3.94. The molecule has 1 atom stereocenters. The Kier molecular flexibility index (Phi) is 4.31. The minimum Gasteiger partial charge on any atom is -0.496 e. The fourth-order valence-electron chi connectivity index (χ4n) is 2.30. The smallest absolute Gasteiger partial charge is 0.133 e. The van der Waals surface area contributed by atoms with Crippen molar-refractivity contribution >= 4 is 11.6 Å². The molecule has 2 nitrogen and oxygen atoms in total. The molecule has 4 heteroatoms. The van der Waals surface area contributed by atoms with Crippen LogP contribution in [-0.2, 0) is 12.0 Å². The Morgan fingerprint density at radius 3 is 2.55 bits per heavy atom. The number of halogens is 2. The lowest BCUT2D eigenvalue weighted by Crippen LogP contribution is -2.26. The van der Waals surface area contributed by atoms with E-state index in [1.807, 2.05) is 18.2 Å². The van der Waals surface area contributed by atoms with Crippen molar-refractivity contribution in [2.24, 2.45) is 0 Å². The zero-order valence-corrected chi connectivity index (χ0v) is 12.1. The maximum atomic E-state index is 14.1. The maximum Gasteiger partial charge on any atom is 0.133 e. The molecule has 106 valence electrons. The molecule has 0 heterocycles. The number of aliphatic hydroxyl groups is 1. The van der Waals surface area contributed by atoms with Crippen molar-refractivity contribution in [2.45, 2.75) is 18.9 Å². The van der Waals surface area contributed by atoms with E-state index in [4.69, 9.17) is 16.3 Å². The highest BCUT2D eigenvalue weighted by molar-refractivity contribution is 6.31. The van der Waals surface area contributed by atoms with Crippen LogP contribution in [0.3, 0.4) is 0 Å². The van der Waals surface area contributed by atoms with Crippen LogP contribution in [0, 0.1) is 5.82 Å². The first kappa shape index (κ1) is 14.8. The Hall–Kier alpha value is -1.58. The molecule has 0 aliphatic carbocycles. The van der Waals surface area contributed by atoms with E-state index in [0.717, 1.165) is 5.56 Å². The summed E-state index contributed by atoms with van der Waals surface area (Å²) in [6.45, 7) is 1.55.